The van der Waals surface area contributed by atoms with Crippen molar-refractivity contribution in [2.75, 3.05) is 32.0 Å². The minimum absolute atomic E-state index is 0.267. The Balaban J connectivity index is 1.79. The molecule has 2 heterocycles. The second kappa shape index (κ2) is 6.99. The van der Waals surface area contributed by atoms with E-state index < -0.39 is 0 Å². The molecule has 23 heavy (non-hydrogen) atoms. The van der Waals surface area contributed by atoms with E-state index in [4.69, 9.17) is 19.5 Å². The number of benzene rings is 1. The molecule has 0 amide bonds. The van der Waals surface area contributed by atoms with E-state index in [9.17, 15) is 0 Å². The van der Waals surface area contributed by atoms with Crippen molar-refractivity contribution in [2.24, 2.45) is 0 Å². The zero-order valence-electron chi connectivity index (χ0n) is 12.9. The zero-order chi connectivity index (χ0) is 16.1. The quantitative estimate of drug-likeness (QED) is 0.815. The van der Waals surface area contributed by atoms with Gasteiger partial charge in [0.2, 0.25) is 6.79 Å². The van der Waals surface area contributed by atoms with Crippen LogP contribution in [-0.2, 0) is 11.3 Å². The van der Waals surface area contributed by atoms with Crippen LogP contribution in [0.25, 0.3) is 0 Å². The average Bonchev–Trinajstić information content (AvgIpc) is 3.06. The Morgan fingerprint density at radius 3 is 2.87 bits per heavy atom. The molecule has 1 aliphatic rings. The van der Waals surface area contributed by atoms with Crippen LogP contribution in [0.2, 0.25) is 0 Å². The topological polar surface area (TPSA) is 67.6 Å². The molecule has 0 fully saturated rings. The molecule has 118 valence electrons. The molecule has 0 bridgehead atoms. The predicted octanol–water partition coefficient (Wildman–Crippen LogP) is 2.33. The molecule has 3 rings (SSSR count). The van der Waals surface area contributed by atoms with Gasteiger partial charge >= 0.3 is 0 Å². The van der Waals surface area contributed by atoms with E-state index in [1.54, 1.807) is 19.4 Å². The second-order valence-corrected chi connectivity index (χ2v) is 5.12. The summed E-state index contributed by atoms with van der Waals surface area (Å²) in [6.07, 6.45) is 1.58. The molecule has 6 heteroatoms. The van der Waals surface area contributed by atoms with Gasteiger partial charge in [-0.15, -0.1) is 0 Å². The number of methoxy groups -OCH3 is 1. The van der Waals surface area contributed by atoms with Crippen molar-refractivity contribution in [2.45, 2.75) is 6.54 Å². The van der Waals surface area contributed by atoms with Crippen molar-refractivity contribution >= 4 is 5.82 Å². The van der Waals surface area contributed by atoms with Gasteiger partial charge < -0.3 is 19.1 Å². The molecule has 0 unspecified atom stereocenters. The van der Waals surface area contributed by atoms with Crippen molar-refractivity contribution in [3.8, 4) is 17.6 Å². The minimum Gasteiger partial charge on any atom is -0.454 e. The van der Waals surface area contributed by atoms with Crippen LogP contribution in [0.3, 0.4) is 0 Å². The summed E-state index contributed by atoms with van der Waals surface area (Å²) in [5, 5.41) is 8.88. The fourth-order valence-corrected chi connectivity index (χ4v) is 2.38. The van der Waals surface area contributed by atoms with Crippen LogP contribution < -0.4 is 14.4 Å². The summed E-state index contributed by atoms with van der Waals surface area (Å²) >= 11 is 0. The standard InChI is InChI=1S/C17H17N3O3/c1-21-7-6-20(17-5-3-14(9-18)10-19-17)11-13-2-4-15-16(8-13)23-12-22-15/h2-5,8,10H,6-7,11-12H2,1H3. The summed E-state index contributed by atoms with van der Waals surface area (Å²) in [5.74, 6) is 2.34. The summed E-state index contributed by atoms with van der Waals surface area (Å²) in [4.78, 5) is 6.46. The number of ether oxygens (including phenoxy) is 3. The Morgan fingerprint density at radius 2 is 2.13 bits per heavy atom. The van der Waals surface area contributed by atoms with E-state index in [1.165, 1.54) is 0 Å². The lowest BCUT2D eigenvalue weighted by Crippen LogP contribution is -2.27. The molecule has 0 spiro atoms. The van der Waals surface area contributed by atoms with Gasteiger partial charge in [-0.1, -0.05) is 6.07 Å². The number of nitriles is 1. The van der Waals surface area contributed by atoms with Crippen LogP contribution >= 0.6 is 0 Å². The number of fused-ring (bicyclic) bond motifs is 1. The highest BCUT2D eigenvalue weighted by atomic mass is 16.7. The van der Waals surface area contributed by atoms with Crippen LogP contribution in [0, 0.1) is 11.3 Å². The molecule has 0 aliphatic carbocycles. The highest BCUT2D eigenvalue weighted by Gasteiger charge is 2.15. The molecule has 0 atom stereocenters. The molecule has 1 aliphatic heterocycles. The van der Waals surface area contributed by atoms with Crippen LogP contribution in [-0.4, -0.2) is 32.0 Å². The number of aromatic nitrogens is 1. The van der Waals surface area contributed by atoms with Crippen molar-refractivity contribution in [1.82, 2.24) is 4.98 Å². The third-order valence-corrected chi connectivity index (χ3v) is 3.58. The predicted molar refractivity (Wildman–Crippen MR) is 84.4 cm³/mol. The summed E-state index contributed by atoms with van der Waals surface area (Å²) in [6.45, 7) is 2.22. The number of hydrogen-bond donors (Lipinski definition) is 0. The van der Waals surface area contributed by atoms with Crippen molar-refractivity contribution in [1.29, 1.82) is 5.26 Å². The van der Waals surface area contributed by atoms with Crippen molar-refractivity contribution in [3.05, 3.63) is 47.7 Å². The van der Waals surface area contributed by atoms with Gasteiger partial charge in [0.15, 0.2) is 11.5 Å². The third kappa shape index (κ3) is 3.52. The molecule has 6 nitrogen and oxygen atoms in total. The Hall–Kier alpha value is -2.78. The maximum atomic E-state index is 8.88. The second-order valence-electron chi connectivity index (χ2n) is 5.12. The molecule has 0 saturated heterocycles. The van der Waals surface area contributed by atoms with Gasteiger partial charge in [-0.25, -0.2) is 4.98 Å². The number of hydrogen-bond acceptors (Lipinski definition) is 6. The number of rotatable bonds is 6. The Kier molecular flexibility index (Phi) is 4.60. The first-order valence-electron chi connectivity index (χ1n) is 7.28. The van der Waals surface area contributed by atoms with E-state index in [0.717, 1.165) is 22.9 Å². The van der Waals surface area contributed by atoms with Gasteiger partial charge in [0, 0.05) is 26.4 Å². The van der Waals surface area contributed by atoms with Gasteiger partial charge in [-0.05, 0) is 29.8 Å². The first-order chi connectivity index (χ1) is 11.3. The normalized spacial score (nSPS) is 12.0. The van der Waals surface area contributed by atoms with Gasteiger partial charge in [0.25, 0.3) is 0 Å². The van der Waals surface area contributed by atoms with Gasteiger partial charge in [-0.3, -0.25) is 0 Å². The minimum atomic E-state index is 0.267. The molecular weight excluding hydrogens is 294 g/mol. The molecule has 2 aromatic rings. The first kappa shape index (κ1) is 15.1. The van der Waals surface area contributed by atoms with E-state index in [1.807, 2.05) is 24.3 Å². The Bertz CT molecular complexity index is 710. The average molecular weight is 311 g/mol. The highest BCUT2D eigenvalue weighted by molar-refractivity contribution is 5.47. The van der Waals surface area contributed by atoms with Gasteiger partial charge in [0.1, 0.15) is 11.9 Å². The fourth-order valence-electron chi connectivity index (χ4n) is 2.38. The molecule has 1 aromatic carbocycles. The summed E-state index contributed by atoms with van der Waals surface area (Å²) in [7, 11) is 1.67. The Morgan fingerprint density at radius 1 is 1.26 bits per heavy atom. The molecule has 0 saturated carbocycles. The molecular formula is C17H17N3O3. The monoisotopic (exact) mass is 311 g/mol. The van der Waals surface area contributed by atoms with Crippen LogP contribution in [0.5, 0.6) is 11.5 Å². The largest absolute Gasteiger partial charge is 0.454 e. The smallest absolute Gasteiger partial charge is 0.231 e. The maximum absolute atomic E-state index is 8.88. The fraction of sp³-hybridized carbons (Fsp3) is 0.294. The van der Waals surface area contributed by atoms with Crippen LogP contribution in [0.1, 0.15) is 11.1 Å². The van der Waals surface area contributed by atoms with Crippen molar-refractivity contribution in [3.63, 3.8) is 0 Å². The van der Waals surface area contributed by atoms with Crippen LogP contribution in [0.15, 0.2) is 36.5 Å². The maximum Gasteiger partial charge on any atom is 0.231 e. The zero-order valence-corrected chi connectivity index (χ0v) is 12.9. The third-order valence-electron chi connectivity index (χ3n) is 3.58. The number of anilines is 1. The van der Waals surface area contributed by atoms with Crippen LogP contribution in [0.4, 0.5) is 5.82 Å². The van der Waals surface area contributed by atoms with E-state index >= 15 is 0 Å². The number of nitrogens with zero attached hydrogens (tertiary/aromatic N) is 3. The lowest BCUT2D eigenvalue weighted by Gasteiger charge is -2.23. The van der Waals surface area contributed by atoms with E-state index in [2.05, 4.69) is 16.0 Å². The molecule has 0 N–H and O–H groups in total. The summed E-state index contributed by atoms with van der Waals surface area (Å²) in [5.41, 5.74) is 1.64. The Labute approximate surface area is 134 Å². The van der Waals surface area contributed by atoms with E-state index in [-0.39, 0.29) is 6.79 Å². The molecule has 1 aromatic heterocycles. The summed E-state index contributed by atoms with van der Waals surface area (Å²) in [6, 6.07) is 11.6. The lowest BCUT2D eigenvalue weighted by molar-refractivity contribution is 0.174. The van der Waals surface area contributed by atoms with Crippen molar-refractivity contribution < 1.29 is 14.2 Å². The molecule has 0 radical (unpaired) electrons. The van der Waals surface area contributed by atoms with E-state index in [0.29, 0.717) is 25.3 Å². The summed E-state index contributed by atoms with van der Waals surface area (Å²) < 4.78 is 15.9. The van der Waals surface area contributed by atoms with Gasteiger partial charge in [0.05, 0.1) is 12.2 Å². The number of pyridine rings is 1. The highest BCUT2D eigenvalue weighted by Crippen LogP contribution is 2.33. The first-order valence-corrected chi connectivity index (χ1v) is 7.28. The lowest BCUT2D eigenvalue weighted by atomic mass is 10.2. The van der Waals surface area contributed by atoms with Gasteiger partial charge in [-0.2, -0.15) is 5.26 Å². The SMILES string of the molecule is COCCN(Cc1ccc2c(c1)OCO2)c1ccc(C#N)cn1.